The molecule has 0 unspecified atom stereocenters. The van der Waals surface area contributed by atoms with Crippen molar-refractivity contribution in [1.29, 1.82) is 0 Å². The first-order valence-electron chi connectivity index (χ1n) is 4.12. The van der Waals surface area contributed by atoms with Gasteiger partial charge >= 0.3 is 6.09 Å². The van der Waals surface area contributed by atoms with Gasteiger partial charge < -0.3 is 15.9 Å². The molecule has 5 heteroatoms. The van der Waals surface area contributed by atoms with Crippen molar-refractivity contribution in [2.45, 2.75) is 6.42 Å². The van der Waals surface area contributed by atoms with Gasteiger partial charge in [-0.2, -0.15) is 0 Å². The maximum atomic E-state index is 10.3. The molecule has 5 nitrogen and oxygen atoms in total. The summed E-state index contributed by atoms with van der Waals surface area (Å²) in [4.78, 5) is 10.3. The predicted octanol–water partition coefficient (Wildman–Crippen LogP) is 0.893. The van der Waals surface area contributed by atoms with Crippen molar-refractivity contribution in [1.82, 2.24) is 0 Å². The Morgan fingerprint density at radius 1 is 1.50 bits per heavy atom. The van der Waals surface area contributed by atoms with Gasteiger partial charge in [-0.05, 0) is 30.2 Å². The lowest BCUT2D eigenvalue weighted by Crippen LogP contribution is -2.08. The fourth-order valence-electron chi connectivity index (χ4n) is 1.14. The summed E-state index contributed by atoms with van der Waals surface area (Å²) in [6.07, 6.45) is -0.703. The number of aliphatic hydroxyl groups excluding tert-OH is 1. The van der Waals surface area contributed by atoms with Crippen LogP contribution in [0.1, 0.15) is 5.56 Å². The minimum absolute atomic E-state index is 0.0132. The Labute approximate surface area is 81.2 Å². The van der Waals surface area contributed by atoms with E-state index in [4.69, 9.17) is 15.9 Å². The van der Waals surface area contributed by atoms with Gasteiger partial charge in [0.15, 0.2) is 0 Å². The number of nitrogens with one attached hydrogen (secondary N) is 1. The topological polar surface area (TPSA) is 95.6 Å². The third kappa shape index (κ3) is 2.63. The zero-order chi connectivity index (χ0) is 10.6. The fourth-order valence-corrected chi connectivity index (χ4v) is 1.14. The number of hydrogen-bond donors (Lipinski definition) is 4. The summed E-state index contributed by atoms with van der Waals surface area (Å²) in [7, 11) is 0. The first-order valence-corrected chi connectivity index (χ1v) is 4.12. The molecule has 0 spiro atoms. The number of benzene rings is 1. The van der Waals surface area contributed by atoms with Crippen LogP contribution >= 0.6 is 0 Å². The number of nitrogens with two attached hydrogens (primary N) is 1. The Hall–Kier alpha value is -1.75. The molecule has 0 bridgehead atoms. The second-order valence-electron chi connectivity index (χ2n) is 2.82. The molecule has 0 fully saturated rings. The monoisotopic (exact) mass is 196 g/mol. The lowest BCUT2D eigenvalue weighted by molar-refractivity contribution is 0.210. The number of nitrogen functional groups attached to an aromatic ring is 1. The number of rotatable bonds is 3. The summed E-state index contributed by atoms with van der Waals surface area (Å²) >= 11 is 0. The smallest absolute Gasteiger partial charge is 0.409 e. The van der Waals surface area contributed by atoms with Crippen molar-refractivity contribution < 1.29 is 15.0 Å². The molecular formula is C9H12N2O3. The fraction of sp³-hybridized carbons (Fsp3) is 0.222. The van der Waals surface area contributed by atoms with Gasteiger partial charge in [0.05, 0.1) is 0 Å². The quantitative estimate of drug-likeness (QED) is 0.540. The average molecular weight is 196 g/mol. The molecule has 1 rings (SSSR count). The second kappa shape index (κ2) is 4.48. The van der Waals surface area contributed by atoms with E-state index in [1.165, 1.54) is 0 Å². The largest absolute Gasteiger partial charge is 0.465 e. The second-order valence-corrected chi connectivity index (χ2v) is 2.82. The molecule has 0 aliphatic heterocycles. The van der Waals surface area contributed by atoms with Crippen LogP contribution in [-0.4, -0.2) is 22.9 Å². The van der Waals surface area contributed by atoms with E-state index in [1.807, 2.05) is 0 Å². The molecule has 0 aliphatic carbocycles. The van der Waals surface area contributed by atoms with Crippen LogP contribution in [0.2, 0.25) is 0 Å². The van der Waals surface area contributed by atoms with Crippen LogP contribution in [0.5, 0.6) is 0 Å². The summed E-state index contributed by atoms with van der Waals surface area (Å²) in [6, 6.07) is 4.79. The van der Waals surface area contributed by atoms with Crippen molar-refractivity contribution in [2.75, 3.05) is 17.7 Å². The van der Waals surface area contributed by atoms with Gasteiger partial charge in [-0.15, -0.1) is 0 Å². The molecule has 1 amide bonds. The lowest BCUT2D eigenvalue weighted by atomic mass is 10.1. The first-order chi connectivity index (χ1) is 6.63. The van der Waals surface area contributed by atoms with Crippen LogP contribution in [0.3, 0.4) is 0 Å². The maximum absolute atomic E-state index is 10.3. The van der Waals surface area contributed by atoms with Crippen molar-refractivity contribution in [3.63, 3.8) is 0 Å². The van der Waals surface area contributed by atoms with E-state index >= 15 is 0 Å². The van der Waals surface area contributed by atoms with E-state index in [-0.39, 0.29) is 6.61 Å². The molecule has 0 atom stereocenters. The third-order valence-electron chi connectivity index (χ3n) is 1.78. The van der Waals surface area contributed by atoms with Crippen molar-refractivity contribution >= 4 is 17.5 Å². The van der Waals surface area contributed by atoms with Gasteiger partial charge in [0.1, 0.15) is 0 Å². The van der Waals surface area contributed by atoms with Crippen LogP contribution < -0.4 is 11.1 Å². The van der Waals surface area contributed by atoms with Gasteiger partial charge in [0, 0.05) is 18.0 Å². The Morgan fingerprint density at radius 3 is 2.79 bits per heavy atom. The minimum atomic E-state index is -1.12. The van der Waals surface area contributed by atoms with Crippen molar-refractivity contribution in [3.8, 4) is 0 Å². The van der Waals surface area contributed by atoms with Crippen LogP contribution in [0.4, 0.5) is 16.2 Å². The summed E-state index contributed by atoms with van der Waals surface area (Å²) < 4.78 is 0. The number of carbonyl (C=O) groups is 1. The van der Waals surface area contributed by atoms with Gasteiger partial charge in [0.25, 0.3) is 0 Å². The van der Waals surface area contributed by atoms with Crippen LogP contribution in [0.25, 0.3) is 0 Å². The summed E-state index contributed by atoms with van der Waals surface area (Å²) in [6.45, 7) is -0.0132. The first kappa shape index (κ1) is 10.3. The highest BCUT2D eigenvalue weighted by atomic mass is 16.4. The molecule has 1 aromatic rings. The maximum Gasteiger partial charge on any atom is 0.409 e. The molecule has 14 heavy (non-hydrogen) atoms. The SMILES string of the molecule is Nc1ccc(NC(=O)O)cc1CCO. The molecule has 5 N–H and O–H groups in total. The Kier molecular flexibility index (Phi) is 3.30. The normalized spacial score (nSPS) is 9.79. The molecule has 76 valence electrons. The van der Waals surface area contributed by atoms with E-state index in [0.717, 1.165) is 5.56 Å². The molecule has 1 aromatic carbocycles. The zero-order valence-electron chi connectivity index (χ0n) is 7.53. The van der Waals surface area contributed by atoms with Gasteiger partial charge in [-0.1, -0.05) is 0 Å². The van der Waals surface area contributed by atoms with Crippen LogP contribution in [0, 0.1) is 0 Å². The molecule has 0 radical (unpaired) electrons. The minimum Gasteiger partial charge on any atom is -0.465 e. The number of amides is 1. The van der Waals surface area contributed by atoms with E-state index in [1.54, 1.807) is 18.2 Å². The molecule has 0 aromatic heterocycles. The number of hydrogen-bond acceptors (Lipinski definition) is 3. The molecule has 0 aliphatic rings. The molecule has 0 saturated carbocycles. The Bertz CT molecular complexity index is 339. The van der Waals surface area contributed by atoms with Gasteiger partial charge in [-0.25, -0.2) is 4.79 Å². The van der Waals surface area contributed by atoms with Crippen molar-refractivity contribution in [2.24, 2.45) is 0 Å². The van der Waals surface area contributed by atoms with E-state index in [0.29, 0.717) is 17.8 Å². The van der Waals surface area contributed by atoms with Crippen molar-refractivity contribution in [3.05, 3.63) is 23.8 Å². The van der Waals surface area contributed by atoms with Gasteiger partial charge in [0.2, 0.25) is 0 Å². The Balaban J connectivity index is 2.88. The average Bonchev–Trinajstić information content (AvgIpc) is 2.10. The van der Waals surface area contributed by atoms with E-state index in [9.17, 15) is 4.79 Å². The number of carboxylic acid groups (broad SMARTS) is 1. The molecular weight excluding hydrogens is 184 g/mol. The summed E-state index contributed by atoms with van der Waals surface area (Å²) in [5.41, 5.74) is 7.36. The lowest BCUT2D eigenvalue weighted by Gasteiger charge is -2.06. The number of aliphatic hydroxyl groups is 1. The summed E-state index contributed by atoms with van der Waals surface area (Å²) in [5, 5.41) is 19.4. The van der Waals surface area contributed by atoms with Crippen LogP contribution in [-0.2, 0) is 6.42 Å². The molecule has 0 saturated heterocycles. The zero-order valence-corrected chi connectivity index (χ0v) is 7.53. The number of anilines is 2. The highest BCUT2D eigenvalue weighted by molar-refractivity contribution is 5.83. The standard InChI is InChI=1S/C9H12N2O3/c10-8-2-1-7(11-9(13)14)5-6(8)3-4-12/h1-2,5,11-12H,3-4,10H2,(H,13,14). The highest BCUT2D eigenvalue weighted by Crippen LogP contribution is 2.18. The summed E-state index contributed by atoms with van der Waals surface area (Å²) in [5.74, 6) is 0. The van der Waals surface area contributed by atoms with Gasteiger partial charge in [-0.3, -0.25) is 5.32 Å². The highest BCUT2D eigenvalue weighted by Gasteiger charge is 2.02. The van der Waals surface area contributed by atoms with E-state index in [2.05, 4.69) is 5.32 Å². The molecule has 0 heterocycles. The van der Waals surface area contributed by atoms with E-state index < -0.39 is 6.09 Å². The Morgan fingerprint density at radius 2 is 2.21 bits per heavy atom. The van der Waals surface area contributed by atoms with Crippen LogP contribution in [0.15, 0.2) is 18.2 Å². The predicted molar refractivity (Wildman–Crippen MR) is 53.3 cm³/mol. The third-order valence-corrected chi connectivity index (χ3v) is 1.78.